The molecule has 2 saturated heterocycles. The number of carbonyl (C=O) groups is 1. The van der Waals surface area contributed by atoms with Crippen LogP contribution in [0.5, 0.6) is 0 Å². The Morgan fingerprint density at radius 1 is 1.26 bits per heavy atom. The van der Waals surface area contributed by atoms with E-state index in [1.807, 2.05) is 30.3 Å². The molecule has 6 nitrogen and oxygen atoms in total. The zero-order valence-electron chi connectivity index (χ0n) is 13.1. The van der Waals surface area contributed by atoms with Crippen LogP contribution in [-0.4, -0.2) is 38.8 Å². The van der Waals surface area contributed by atoms with Crippen LogP contribution in [0.25, 0.3) is 0 Å². The van der Waals surface area contributed by atoms with Crippen molar-refractivity contribution < 1.29 is 23.7 Å². The fourth-order valence-corrected chi connectivity index (χ4v) is 2.50. The third-order valence-corrected chi connectivity index (χ3v) is 3.83. The number of methoxy groups -OCH3 is 1. The smallest absolute Gasteiger partial charge is 0.354 e. The van der Waals surface area contributed by atoms with Crippen LogP contribution < -0.4 is 5.32 Å². The normalized spacial score (nSPS) is 23.3. The van der Waals surface area contributed by atoms with Crippen molar-refractivity contribution in [1.29, 1.82) is 0 Å². The first-order chi connectivity index (χ1) is 11.3. The Morgan fingerprint density at radius 3 is 2.70 bits per heavy atom. The molecule has 23 heavy (non-hydrogen) atoms. The first-order valence-corrected chi connectivity index (χ1v) is 7.73. The maximum absolute atomic E-state index is 12.0. The van der Waals surface area contributed by atoms with Crippen LogP contribution in [0.1, 0.15) is 18.4 Å². The van der Waals surface area contributed by atoms with Gasteiger partial charge in [-0.05, 0) is 24.0 Å². The lowest BCUT2D eigenvalue weighted by Crippen LogP contribution is -2.29. The summed E-state index contributed by atoms with van der Waals surface area (Å²) in [6.07, 6.45) is 0.776. The molecule has 2 aliphatic rings. The van der Waals surface area contributed by atoms with Crippen LogP contribution >= 0.6 is 0 Å². The first kappa shape index (κ1) is 16.0. The van der Waals surface area contributed by atoms with E-state index in [0.717, 1.165) is 24.0 Å². The van der Waals surface area contributed by atoms with Gasteiger partial charge in [-0.1, -0.05) is 30.3 Å². The van der Waals surface area contributed by atoms with Gasteiger partial charge in [-0.3, -0.25) is 0 Å². The summed E-state index contributed by atoms with van der Waals surface area (Å²) in [5.74, 6) is -0.376. The molecular weight excluding hydrogens is 298 g/mol. The molecule has 2 aliphatic heterocycles. The zero-order valence-corrected chi connectivity index (χ0v) is 13.1. The Bertz CT molecular complexity index is 564. The molecule has 1 N–H and O–H groups in total. The molecule has 2 atom stereocenters. The van der Waals surface area contributed by atoms with Gasteiger partial charge in [-0.15, -0.1) is 0 Å². The molecule has 0 bridgehead atoms. The second-order valence-corrected chi connectivity index (χ2v) is 5.45. The van der Waals surface area contributed by atoms with Gasteiger partial charge in [0.1, 0.15) is 5.70 Å². The summed E-state index contributed by atoms with van der Waals surface area (Å²) in [6, 6.07) is 9.88. The van der Waals surface area contributed by atoms with Crippen molar-refractivity contribution in [2.24, 2.45) is 0 Å². The summed E-state index contributed by atoms with van der Waals surface area (Å²) < 4.78 is 21.3. The van der Waals surface area contributed by atoms with Crippen LogP contribution in [0.3, 0.4) is 0 Å². The average Bonchev–Trinajstić information content (AvgIpc) is 3.37. The third-order valence-electron chi connectivity index (χ3n) is 3.83. The molecule has 0 amide bonds. The Hall–Kier alpha value is -1.89. The van der Waals surface area contributed by atoms with Gasteiger partial charge in [0.2, 0.25) is 6.29 Å². The summed E-state index contributed by atoms with van der Waals surface area (Å²) in [5, 5.41) is 3.10. The van der Waals surface area contributed by atoms with Gasteiger partial charge in [-0.2, -0.15) is 0 Å². The average molecular weight is 319 g/mol. The molecule has 0 aromatic heterocycles. The molecular formula is C17H21NO5. The highest BCUT2D eigenvalue weighted by Crippen LogP contribution is 2.26. The van der Waals surface area contributed by atoms with Crippen molar-refractivity contribution in [3.05, 3.63) is 47.2 Å². The van der Waals surface area contributed by atoms with Gasteiger partial charge in [0.15, 0.2) is 6.23 Å². The lowest BCUT2D eigenvalue weighted by molar-refractivity contribution is -0.136. The van der Waals surface area contributed by atoms with Gasteiger partial charge in [-0.25, -0.2) is 4.79 Å². The lowest BCUT2D eigenvalue weighted by Gasteiger charge is -2.19. The minimum atomic E-state index is -0.376. The Labute approximate surface area is 135 Å². The Morgan fingerprint density at radius 2 is 2.00 bits per heavy atom. The van der Waals surface area contributed by atoms with Gasteiger partial charge in [0.25, 0.3) is 0 Å². The van der Waals surface area contributed by atoms with Crippen molar-refractivity contribution in [3.8, 4) is 0 Å². The van der Waals surface area contributed by atoms with E-state index in [2.05, 4.69) is 5.32 Å². The fraction of sp³-hybridized carbons (Fsp3) is 0.471. The fourth-order valence-electron chi connectivity index (χ4n) is 2.50. The lowest BCUT2D eigenvalue weighted by atomic mass is 10.1. The number of nitrogens with one attached hydrogen (secondary N) is 1. The monoisotopic (exact) mass is 319 g/mol. The summed E-state index contributed by atoms with van der Waals surface area (Å²) in [7, 11) is 1.38. The minimum Gasteiger partial charge on any atom is -0.464 e. The Kier molecular flexibility index (Phi) is 5.27. The van der Waals surface area contributed by atoms with Gasteiger partial charge >= 0.3 is 5.97 Å². The van der Waals surface area contributed by atoms with Gasteiger partial charge in [0.05, 0.1) is 26.9 Å². The second-order valence-electron chi connectivity index (χ2n) is 5.45. The quantitative estimate of drug-likeness (QED) is 0.489. The summed E-state index contributed by atoms with van der Waals surface area (Å²) in [5.41, 5.74) is 2.57. The number of carbonyl (C=O) groups excluding carboxylic acids is 1. The molecule has 124 valence electrons. The molecule has 3 rings (SSSR count). The maximum atomic E-state index is 12.0. The number of benzene rings is 1. The van der Waals surface area contributed by atoms with E-state index < -0.39 is 0 Å². The van der Waals surface area contributed by atoms with Crippen LogP contribution in [-0.2, 0) is 30.3 Å². The van der Waals surface area contributed by atoms with Crippen LogP contribution in [0.2, 0.25) is 0 Å². The highest BCUT2D eigenvalue weighted by Gasteiger charge is 2.42. The van der Waals surface area contributed by atoms with E-state index in [1.54, 1.807) is 0 Å². The van der Waals surface area contributed by atoms with Gasteiger partial charge in [0, 0.05) is 0 Å². The van der Waals surface area contributed by atoms with E-state index in [9.17, 15) is 4.79 Å². The number of hydrogen-bond acceptors (Lipinski definition) is 6. The number of epoxide rings is 1. The van der Waals surface area contributed by atoms with Crippen LogP contribution in [0.15, 0.2) is 41.6 Å². The van der Waals surface area contributed by atoms with E-state index in [-0.39, 0.29) is 18.5 Å². The first-order valence-electron chi connectivity index (χ1n) is 7.73. The molecule has 1 aromatic rings. The summed E-state index contributed by atoms with van der Waals surface area (Å²) in [4.78, 5) is 12.0. The van der Waals surface area contributed by atoms with E-state index in [1.165, 1.54) is 7.11 Å². The van der Waals surface area contributed by atoms with E-state index >= 15 is 0 Å². The molecule has 0 saturated carbocycles. The summed E-state index contributed by atoms with van der Waals surface area (Å²) in [6.45, 7) is 1.72. The molecule has 2 unspecified atom stereocenters. The number of ether oxygens (including phenoxy) is 4. The molecule has 6 heteroatoms. The molecule has 2 heterocycles. The topological polar surface area (TPSA) is 69.3 Å². The van der Waals surface area contributed by atoms with Crippen LogP contribution in [0, 0.1) is 0 Å². The predicted octanol–water partition coefficient (Wildman–Crippen LogP) is 1.71. The third kappa shape index (κ3) is 4.31. The number of hydrogen-bond donors (Lipinski definition) is 1. The number of esters is 1. The SMILES string of the molecule is COC(=O)C(NC1OC1OCc1ccccc1)=C1CCOCC1. The molecule has 0 radical (unpaired) electrons. The van der Waals surface area contributed by atoms with E-state index in [4.69, 9.17) is 18.9 Å². The molecule has 1 aromatic carbocycles. The van der Waals surface area contributed by atoms with Crippen LogP contribution in [0.4, 0.5) is 0 Å². The van der Waals surface area contributed by atoms with E-state index in [0.29, 0.717) is 25.5 Å². The Balaban J connectivity index is 1.54. The highest BCUT2D eigenvalue weighted by molar-refractivity contribution is 5.88. The second kappa shape index (κ2) is 7.59. The zero-order chi connectivity index (χ0) is 16.1. The van der Waals surface area contributed by atoms with Crippen molar-refractivity contribution in [1.82, 2.24) is 5.32 Å². The standard InChI is InChI=1S/C17H21NO5/c1-20-16(19)14(13-7-9-21-10-8-13)18-15-17(23-15)22-11-12-5-3-2-4-6-12/h2-6,15,17-18H,7-11H2,1H3. The van der Waals surface area contributed by atoms with Crippen molar-refractivity contribution in [3.63, 3.8) is 0 Å². The predicted molar refractivity (Wildman–Crippen MR) is 82.1 cm³/mol. The van der Waals surface area contributed by atoms with Crippen molar-refractivity contribution in [2.45, 2.75) is 32.0 Å². The molecule has 0 spiro atoms. The highest BCUT2D eigenvalue weighted by atomic mass is 16.8. The molecule has 0 aliphatic carbocycles. The van der Waals surface area contributed by atoms with Gasteiger partial charge < -0.3 is 24.3 Å². The van der Waals surface area contributed by atoms with Crippen molar-refractivity contribution >= 4 is 5.97 Å². The minimum absolute atomic E-state index is 0.317. The number of rotatable bonds is 6. The summed E-state index contributed by atoms with van der Waals surface area (Å²) >= 11 is 0. The largest absolute Gasteiger partial charge is 0.464 e. The van der Waals surface area contributed by atoms with Crippen molar-refractivity contribution in [2.75, 3.05) is 20.3 Å². The molecule has 2 fully saturated rings. The maximum Gasteiger partial charge on any atom is 0.354 e.